The van der Waals surface area contributed by atoms with Gasteiger partial charge in [0.05, 0.1) is 13.0 Å². The summed E-state index contributed by atoms with van der Waals surface area (Å²) in [5, 5.41) is 11.1. The second-order valence-corrected chi connectivity index (χ2v) is 5.98. The molecular weight excluding hydrogens is 295 g/mol. The fourth-order valence-corrected chi connectivity index (χ4v) is 1.95. The van der Waals surface area contributed by atoms with Crippen LogP contribution >= 0.6 is 11.6 Å². The summed E-state index contributed by atoms with van der Waals surface area (Å²) in [6.07, 6.45) is 2.94. The standard InChI is InChI=1S/C15H18ClFN2O2/c1-15(2,9-17)13(20)14(19-8-7-18-10-19)21-12-5-3-11(16)4-6-12/h3-8,10,13-14,20H,9H2,1-2H3. The quantitative estimate of drug-likeness (QED) is 0.888. The molecule has 0 bridgehead atoms. The molecule has 0 aliphatic heterocycles. The summed E-state index contributed by atoms with van der Waals surface area (Å²) in [5.74, 6) is 0.534. The lowest BCUT2D eigenvalue weighted by atomic mass is 9.87. The highest BCUT2D eigenvalue weighted by atomic mass is 35.5. The van der Waals surface area contributed by atoms with Crippen molar-refractivity contribution < 1.29 is 14.2 Å². The van der Waals surface area contributed by atoms with Crippen LogP contribution in [-0.4, -0.2) is 27.4 Å². The topological polar surface area (TPSA) is 47.3 Å². The SMILES string of the molecule is CC(C)(CF)C(O)C(Oc1ccc(Cl)cc1)n1ccnc1. The molecule has 2 rings (SSSR count). The van der Waals surface area contributed by atoms with E-state index in [-0.39, 0.29) is 0 Å². The zero-order valence-electron chi connectivity index (χ0n) is 11.9. The lowest BCUT2D eigenvalue weighted by Gasteiger charge is -2.34. The lowest BCUT2D eigenvalue weighted by Crippen LogP contribution is -2.41. The van der Waals surface area contributed by atoms with Crippen molar-refractivity contribution in [3.63, 3.8) is 0 Å². The summed E-state index contributed by atoms with van der Waals surface area (Å²) in [5.41, 5.74) is -0.943. The van der Waals surface area contributed by atoms with Gasteiger partial charge in [0, 0.05) is 22.8 Å². The van der Waals surface area contributed by atoms with Gasteiger partial charge in [-0.3, -0.25) is 8.96 Å². The number of hydrogen-bond donors (Lipinski definition) is 1. The Kier molecular flexibility index (Phi) is 4.85. The minimum Gasteiger partial charge on any atom is -0.467 e. The number of alkyl halides is 1. The van der Waals surface area contributed by atoms with E-state index in [9.17, 15) is 9.50 Å². The molecule has 4 nitrogen and oxygen atoms in total. The molecule has 21 heavy (non-hydrogen) atoms. The van der Waals surface area contributed by atoms with Crippen molar-refractivity contribution in [2.24, 2.45) is 5.41 Å². The summed E-state index contributed by atoms with van der Waals surface area (Å²) >= 11 is 5.84. The zero-order valence-corrected chi connectivity index (χ0v) is 12.7. The second-order valence-electron chi connectivity index (χ2n) is 5.54. The Morgan fingerprint density at radius 2 is 2.05 bits per heavy atom. The molecule has 0 aliphatic rings. The third kappa shape index (κ3) is 3.74. The Labute approximate surface area is 128 Å². The molecule has 1 aromatic carbocycles. The van der Waals surface area contributed by atoms with Gasteiger partial charge in [-0.05, 0) is 24.3 Å². The fraction of sp³-hybridized carbons (Fsp3) is 0.400. The first kappa shape index (κ1) is 15.8. The van der Waals surface area contributed by atoms with Crippen LogP contribution < -0.4 is 4.74 Å². The maximum absolute atomic E-state index is 13.2. The Bertz CT molecular complexity index is 558. The van der Waals surface area contributed by atoms with E-state index in [4.69, 9.17) is 16.3 Å². The first-order valence-electron chi connectivity index (χ1n) is 6.58. The Balaban J connectivity index is 2.27. The highest BCUT2D eigenvalue weighted by molar-refractivity contribution is 6.30. The van der Waals surface area contributed by atoms with Crippen LogP contribution in [0.25, 0.3) is 0 Å². The maximum Gasteiger partial charge on any atom is 0.203 e. The number of nitrogens with zero attached hydrogens (tertiary/aromatic N) is 2. The van der Waals surface area contributed by atoms with Crippen LogP contribution in [0.1, 0.15) is 20.1 Å². The summed E-state index contributed by atoms with van der Waals surface area (Å²) < 4.78 is 20.6. The van der Waals surface area contributed by atoms with Crippen LogP contribution in [-0.2, 0) is 0 Å². The van der Waals surface area contributed by atoms with E-state index in [1.807, 2.05) is 0 Å². The van der Waals surface area contributed by atoms with Crippen LogP contribution in [0.15, 0.2) is 43.0 Å². The Morgan fingerprint density at radius 1 is 1.38 bits per heavy atom. The minimum absolute atomic E-state index is 0.534. The first-order valence-corrected chi connectivity index (χ1v) is 6.95. The molecule has 1 aromatic heterocycles. The van der Waals surface area contributed by atoms with E-state index in [0.29, 0.717) is 10.8 Å². The molecule has 0 fully saturated rings. The van der Waals surface area contributed by atoms with Crippen molar-refractivity contribution >= 4 is 11.6 Å². The van der Waals surface area contributed by atoms with Gasteiger partial charge in [-0.15, -0.1) is 0 Å². The van der Waals surface area contributed by atoms with Gasteiger partial charge in [0.1, 0.15) is 11.9 Å². The molecule has 0 saturated carbocycles. The largest absolute Gasteiger partial charge is 0.467 e. The molecule has 1 heterocycles. The number of hydrogen-bond acceptors (Lipinski definition) is 3. The second kappa shape index (κ2) is 6.45. The number of rotatable bonds is 6. The minimum atomic E-state index is -1.05. The molecule has 2 atom stereocenters. The van der Waals surface area contributed by atoms with E-state index in [2.05, 4.69) is 4.98 Å². The molecule has 0 amide bonds. The average molecular weight is 313 g/mol. The van der Waals surface area contributed by atoms with Gasteiger partial charge in [-0.1, -0.05) is 25.4 Å². The van der Waals surface area contributed by atoms with Gasteiger partial charge in [0.2, 0.25) is 6.23 Å². The van der Waals surface area contributed by atoms with Crippen LogP contribution in [0.2, 0.25) is 5.02 Å². The molecule has 0 saturated heterocycles. The van der Waals surface area contributed by atoms with E-state index in [1.165, 1.54) is 6.33 Å². The first-order chi connectivity index (χ1) is 9.94. The zero-order chi connectivity index (χ0) is 15.5. The summed E-state index contributed by atoms with van der Waals surface area (Å²) in [6.45, 7) is 2.63. The molecule has 1 N–H and O–H groups in total. The highest BCUT2D eigenvalue weighted by Crippen LogP contribution is 2.31. The summed E-state index contributed by atoms with van der Waals surface area (Å²) in [6, 6.07) is 6.77. The summed E-state index contributed by atoms with van der Waals surface area (Å²) in [7, 11) is 0. The Morgan fingerprint density at radius 3 is 2.57 bits per heavy atom. The normalized spacial score (nSPS) is 14.7. The van der Waals surface area contributed by atoms with Gasteiger partial charge in [0.15, 0.2) is 0 Å². The van der Waals surface area contributed by atoms with Crippen molar-refractivity contribution in [3.8, 4) is 5.75 Å². The number of ether oxygens (including phenoxy) is 1. The van der Waals surface area contributed by atoms with Crippen LogP contribution in [0.3, 0.4) is 0 Å². The van der Waals surface area contributed by atoms with Crippen molar-refractivity contribution in [3.05, 3.63) is 48.0 Å². The van der Waals surface area contributed by atoms with Gasteiger partial charge in [-0.25, -0.2) is 4.98 Å². The molecule has 114 valence electrons. The molecular formula is C15H18ClFN2O2. The van der Waals surface area contributed by atoms with E-state index in [0.717, 1.165) is 0 Å². The monoisotopic (exact) mass is 312 g/mol. The number of aliphatic hydroxyl groups is 1. The number of halogens is 2. The highest BCUT2D eigenvalue weighted by Gasteiger charge is 2.37. The molecule has 0 aliphatic carbocycles. The van der Waals surface area contributed by atoms with Crippen molar-refractivity contribution in [2.75, 3.05) is 6.67 Å². The van der Waals surface area contributed by atoms with Crippen molar-refractivity contribution in [1.82, 2.24) is 9.55 Å². The van der Waals surface area contributed by atoms with Gasteiger partial charge >= 0.3 is 0 Å². The third-order valence-electron chi connectivity index (χ3n) is 3.30. The molecule has 0 spiro atoms. The predicted molar refractivity (Wildman–Crippen MR) is 79.1 cm³/mol. The molecule has 2 unspecified atom stereocenters. The molecule has 6 heteroatoms. The van der Waals surface area contributed by atoms with E-state index in [1.54, 1.807) is 55.1 Å². The smallest absolute Gasteiger partial charge is 0.203 e. The van der Waals surface area contributed by atoms with Crippen molar-refractivity contribution in [2.45, 2.75) is 26.2 Å². The van der Waals surface area contributed by atoms with Gasteiger partial charge in [-0.2, -0.15) is 0 Å². The number of imidazole rings is 1. The lowest BCUT2D eigenvalue weighted by molar-refractivity contribution is -0.0807. The summed E-state index contributed by atoms with van der Waals surface area (Å²) in [4.78, 5) is 3.95. The van der Waals surface area contributed by atoms with Gasteiger partial charge < -0.3 is 9.84 Å². The van der Waals surface area contributed by atoms with Crippen molar-refractivity contribution in [1.29, 1.82) is 0 Å². The third-order valence-corrected chi connectivity index (χ3v) is 3.56. The van der Waals surface area contributed by atoms with E-state index >= 15 is 0 Å². The number of aromatic nitrogens is 2. The van der Waals surface area contributed by atoms with Crippen LogP contribution in [0, 0.1) is 5.41 Å². The van der Waals surface area contributed by atoms with Crippen LogP contribution in [0.4, 0.5) is 4.39 Å². The predicted octanol–water partition coefficient (Wildman–Crippen LogP) is 3.47. The molecule has 2 aromatic rings. The molecule has 0 radical (unpaired) electrons. The maximum atomic E-state index is 13.2. The fourth-order valence-electron chi connectivity index (χ4n) is 1.83. The average Bonchev–Trinajstić information content (AvgIpc) is 3.00. The number of benzene rings is 1. The van der Waals surface area contributed by atoms with Gasteiger partial charge in [0.25, 0.3) is 0 Å². The Hall–Kier alpha value is -1.59. The number of aliphatic hydroxyl groups excluding tert-OH is 1. The van der Waals surface area contributed by atoms with Crippen LogP contribution in [0.5, 0.6) is 5.75 Å². The van der Waals surface area contributed by atoms with E-state index < -0.39 is 24.4 Å².